The Hall–Kier alpha value is -1.12. The number of rotatable bonds is 2. The van der Waals surface area contributed by atoms with Gasteiger partial charge in [-0.3, -0.25) is 0 Å². The fourth-order valence-electron chi connectivity index (χ4n) is 0.765. The maximum absolute atomic E-state index is 4.82. The molecule has 0 saturated carbocycles. The van der Waals surface area contributed by atoms with Crippen LogP contribution in [0, 0.1) is 6.92 Å². The highest BCUT2D eigenvalue weighted by molar-refractivity contribution is 5.04. The zero-order valence-electron chi connectivity index (χ0n) is 7.09. The highest BCUT2D eigenvalue weighted by Crippen LogP contribution is 2.02. The summed E-state index contributed by atoms with van der Waals surface area (Å²) in [7, 11) is 0. The molecular formula is C8H12N2O. The van der Waals surface area contributed by atoms with Gasteiger partial charge in [0.15, 0.2) is 5.82 Å². The normalized spacial score (nSPS) is 12.1. The number of hydrogen-bond acceptors (Lipinski definition) is 3. The summed E-state index contributed by atoms with van der Waals surface area (Å²) in [4.78, 5) is 4.08. The van der Waals surface area contributed by atoms with Gasteiger partial charge >= 0.3 is 0 Å². The van der Waals surface area contributed by atoms with E-state index in [-0.39, 0.29) is 0 Å². The predicted octanol–water partition coefficient (Wildman–Crippen LogP) is 1.89. The molecule has 0 bridgehead atoms. The molecule has 0 amide bonds. The standard InChI is InChI=1S/C8H12N2O/c1-4-6(2)5-8-9-7(3)11-10-8/h4H,5H2,1-3H3/b6-4+. The van der Waals surface area contributed by atoms with Crippen LogP contribution in [0.15, 0.2) is 16.2 Å². The summed E-state index contributed by atoms with van der Waals surface area (Å²) in [6.45, 7) is 5.84. The maximum Gasteiger partial charge on any atom is 0.223 e. The van der Waals surface area contributed by atoms with Gasteiger partial charge in [0.2, 0.25) is 5.89 Å². The van der Waals surface area contributed by atoms with Crippen LogP contribution in [0.1, 0.15) is 25.6 Å². The molecule has 0 unspecified atom stereocenters. The molecule has 1 heterocycles. The van der Waals surface area contributed by atoms with Crippen molar-refractivity contribution in [1.82, 2.24) is 10.1 Å². The lowest BCUT2D eigenvalue weighted by Gasteiger charge is -1.91. The van der Waals surface area contributed by atoms with Gasteiger partial charge in [0.1, 0.15) is 0 Å². The lowest BCUT2D eigenvalue weighted by atomic mass is 10.2. The first-order valence-corrected chi connectivity index (χ1v) is 3.63. The molecule has 0 aromatic carbocycles. The largest absolute Gasteiger partial charge is 0.340 e. The van der Waals surface area contributed by atoms with E-state index in [0.717, 1.165) is 12.2 Å². The lowest BCUT2D eigenvalue weighted by molar-refractivity contribution is 0.388. The van der Waals surface area contributed by atoms with Crippen molar-refractivity contribution in [3.63, 3.8) is 0 Å². The SMILES string of the molecule is C/C=C(\C)Cc1noc(C)n1. The van der Waals surface area contributed by atoms with Gasteiger partial charge in [0.05, 0.1) is 0 Å². The second-order valence-corrected chi connectivity index (χ2v) is 2.54. The fraction of sp³-hybridized carbons (Fsp3) is 0.500. The van der Waals surface area contributed by atoms with E-state index >= 15 is 0 Å². The minimum Gasteiger partial charge on any atom is -0.340 e. The average Bonchev–Trinajstić information content (AvgIpc) is 2.35. The Bertz CT molecular complexity index is 263. The number of allylic oxidation sites excluding steroid dienone is 2. The van der Waals surface area contributed by atoms with Gasteiger partial charge in [-0.1, -0.05) is 16.8 Å². The number of nitrogens with zero attached hydrogens (tertiary/aromatic N) is 2. The maximum atomic E-state index is 4.82. The van der Waals surface area contributed by atoms with Crippen molar-refractivity contribution < 1.29 is 4.52 Å². The molecule has 60 valence electrons. The molecule has 0 fully saturated rings. The van der Waals surface area contributed by atoms with Crippen molar-refractivity contribution in [1.29, 1.82) is 0 Å². The van der Waals surface area contributed by atoms with E-state index in [9.17, 15) is 0 Å². The van der Waals surface area contributed by atoms with E-state index in [4.69, 9.17) is 4.52 Å². The molecule has 1 aromatic heterocycles. The smallest absolute Gasteiger partial charge is 0.223 e. The van der Waals surface area contributed by atoms with Crippen LogP contribution in [0.2, 0.25) is 0 Å². The highest BCUT2D eigenvalue weighted by Gasteiger charge is 2.01. The van der Waals surface area contributed by atoms with Crippen LogP contribution < -0.4 is 0 Å². The zero-order chi connectivity index (χ0) is 8.27. The second-order valence-electron chi connectivity index (χ2n) is 2.54. The molecule has 0 spiro atoms. The Morgan fingerprint density at radius 1 is 1.64 bits per heavy atom. The molecule has 0 aliphatic rings. The molecule has 3 heteroatoms. The van der Waals surface area contributed by atoms with Crippen LogP contribution in [-0.4, -0.2) is 10.1 Å². The van der Waals surface area contributed by atoms with E-state index in [1.54, 1.807) is 6.92 Å². The number of aromatic nitrogens is 2. The van der Waals surface area contributed by atoms with Crippen molar-refractivity contribution in [2.45, 2.75) is 27.2 Å². The Labute approximate surface area is 66.1 Å². The monoisotopic (exact) mass is 152 g/mol. The molecule has 0 atom stereocenters. The second kappa shape index (κ2) is 3.32. The Morgan fingerprint density at radius 2 is 2.36 bits per heavy atom. The third-order valence-electron chi connectivity index (χ3n) is 1.50. The first kappa shape index (κ1) is 7.98. The Balaban J connectivity index is 2.65. The quantitative estimate of drug-likeness (QED) is 0.607. The van der Waals surface area contributed by atoms with Gasteiger partial charge in [-0.25, -0.2) is 0 Å². The van der Waals surface area contributed by atoms with E-state index in [1.807, 2.05) is 19.9 Å². The molecule has 0 saturated heterocycles. The number of hydrogen-bond donors (Lipinski definition) is 0. The summed E-state index contributed by atoms with van der Waals surface area (Å²) >= 11 is 0. The molecule has 0 aliphatic heterocycles. The topological polar surface area (TPSA) is 38.9 Å². The van der Waals surface area contributed by atoms with Crippen LogP contribution in [0.5, 0.6) is 0 Å². The van der Waals surface area contributed by atoms with Crippen molar-refractivity contribution >= 4 is 0 Å². The first-order chi connectivity index (χ1) is 5.22. The summed E-state index contributed by atoms with van der Waals surface area (Å²) in [5, 5.41) is 3.78. The van der Waals surface area contributed by atoms with Crippen LogP contribution in [0.25, 0.3) is 0 Å². The van der Waals surface area contributed by atoms with Crippen molar-refractivity contribution in [3.05, 3.63) is 23.4 Å². The van der Waals surface area contributed by atoms with Gasteiger partial charge in [0, 0.05) is 13.3 Å². The van der Waals surface area contributed by atoms with Crippen LogP contribution >= 0.6 is 0 Å². The van der Waals surface area contributed by atoms with Crippen LogP contribution in [-0.2, 0) is 6.42 Å². The molecule has 11 heavy (non-hydrogen) atoms. The van der Waals surface area contributed by atoms with Crippen molar-refractivity contribution in [2.24, 2.45) is 0 Å². The molecule has 1 rings (SSSR count). The lowest BCUT2D eigenvalue weighted by Crippen LogP contribution is -1.88. The van der Waals surface area contributed by atoms with Crippen molar-refractivity contribution in [2.75, 3.05) is 0 Å². The fourth-order valence-corrected chi connectivity index (χ4v) is 0.765. The molecule has 0 aliphatic carbocycles. The Kier molecular flexibility index (Phi) is 2.41. The van der Waals surface area contributed by atoms with E-state index in [1.165, 1.54) is 5.57 Å². The molecule has 0 radical (unpaired) electrons. The molecule has 3 nitrogen and oxygen atoms in total. The molecule has 0 N–H and O–H groups in total. The summed E-state index contributed by atoms with van der Waals surface area (Å²) < 4.78 is 4.82. The molecule has 1 aromatic rings. The average molecular weight is 152 g/mol. The van der Waals surface area contributed by atoms with Crippen LogP contribution in [0.3, 0.4) is 0 Å². The van der Waals surface area contributed by atoms with Gasteiger partial charge in [0.25, 0.3) is 0 Å². The van der Waals surface area contributed by atoms with E-state index in [2.05, 4.69) is 10.1 Å². The van der Waals surface area contributed by atoms with Gasteiger partial charge in [-0.15, -0.1) is 0 Å². The predicted molar refractivity (Wildman–Crippen MR) is 42.2 cm³/mol. The van der Waals surface area contributed by atoms with Gasteiger partial charge in [-0.2, -0.15) is 4.98 Å². The van der Waals surface area contributed by atoms with Crippen molar-refractivity contribution in [3.8, 4) is 0 Å². The van der Waals surface area contributed by atoms with Crippen LogP contribution in [0.4, 0.5) is 0 Å². The highest BCUT2D eigenvalue weighted by atomic mass is 16.5. The third-order valence-corrected chi connectivity index (χ3v) is 1.50. The minimum atomic E-state index is 0.629. The third kappa shape index (κ3) is 2.18. The zero-order valence-corrected chi connectivity index (χ0v) is 7.09. The van der Waals surface area contributed by atoms with Gasteiger partial charge in [-0.05, 0) is 13.8 Å². The van der Waals surface area contributed by atoms with Gasteiger partial charge < -0.3 is 4.52 Å². The summed E-state index contributed by atoms with van der Waals surface area (Å²) in [6.07, 6.45) is 2.83. The minimum absolute atomic E-state index is 0.629. The summed E-state index contributed by atoms with van der Waals surface area (Å²) in [5.74, 6) is 1.39. The summed E-state index contributed by atoms with van der Waals surface area (Å²) in [6, 6.07) is 0. The van der Waals surface area contributed by atoms with E-state index < -0.39 is 0 Å². The number of aryl methyl sites for hydroxylation is 1. The molecular weight excluding hydrogens is 140 g/mol. The summed E-state index contributed by atoms with van der Waals surface area (Å²) in [5.41, 5.74) is 1.26. The Morgan fingerprint density at radius 3 is 2.82 bits per heavy atom. The first-order valence-electron chi connectivity index (χ1n) is 3.63. The van der Waals surface area contributed by atoms with E-state index in [0.29, 0.717) is 5.89 Å².